The van der Waals surface area contributed by atoms with Crippen molar-refractivity contribution in [1.82, 2.24) is 9.97 Å². The first kappa shape index (κ1) is 11.6. The molecule has 0 spiro atoms. The Kier molecular flexibility index (Phi) is 4.08. The van der Waals surface area contributed by atoms with Crippen molar-refractivity contribution in [3.8, 4) is 0 Å². The molecule has 2 aromatic rings. The molecule has 0 amide bonds. The van der Waals surface area contributed by atoms with E-state index in [2.05, 4.69) is 22.2 Å². The van der Waals surface area contributed by atoms with Gasteiger partial charge >= 0.3 is 0 Å². The predicted molar refractivity (Wildman–Crippen MR) is 70.4 cm³/mol. The monoisotopic (exact) mass is 227 g/mol. The highest BCUT2D eigenvalue weighted by Gasteiger charge is 1.99. The smallest absolute Gasteiger partial charge is 0.227 e. The molecule has 0 radical (unpaired) electrons. The van der Waals surface area contributed by atoms with Gasteiger partial charge in [0.15, 0.2) is 0 Å². The van der Waals surface area contributed by atoms with E-state index in [1.807, 2.05) is 42.6 Å². The van der Waals surface area contributed by atoms with Crippen LogP contribution in [0.15, 0.2) is 42.6 Å². The largest absolute Gasteiger partial charge is 0.324 e. The molecule has 1 N–H and O–H groups in total. The van der Waals surface area contributed by atoms with Crippen LogP contribution in [0.4, 0.5) is 11.6 Å². The second-order valence-corrected chi connectivity index (χ2v) is 3.97. The number of anilines is 2. The van der Waals surface area contributed by atoms with Crippen LogP contribution in [0.25, 0.3) is 0 Å². The molecule has 0 saturated carbocycles. The van der Waals surface area contributed by atoms with Crippen LogP contribution in [0.2, 0.25) is 0 Å². The van der Waals surface area contributed by atoms with Crippen molar-refractivity contribution < 1.29 is 0 Å². The van der Waals surface area contributed by atoms with Gasteiger partial charge < -0.3 is 5.32 Å². The third kappa shape index (κ3) is 3.55. The molecule has 3 nitrogen and oxygen atoms in total. The van der Waals surface area contributed by atoms with Gasteiger partial charge in [0.2, 0.25) is 5.95 Å². The number of nitrogens with one attached hydrogen (secondary N) is 1. The summed E-state index contributed by atoms with van der Waals surface area (Å²) in [6, 6.07) is 12.0. The zero-order chi connectivity index (χ0) is 11.9. The fourth-order valence-corrected chi connectivity index (χ4v) is 1.60. The number of hydrogen-bond donors (Lipinski definition) is 1. The number of nitrogens with zero attached hydrogens (tertiary/aromatic N) is 2. The Bertz CT molecular complexity index is 454. The summed E-state index contributed by atoms with van der Waals surface area (Å²) in [6.45, 7) is 2.18. The normalized spacial score (nSPS) is 10.2. The summed E-state index contributed by atoms with van der Waals surface area (Å²) in [5.41, 5.74) is 2.11. The van der Waals surface area contributed by atoms with Crippen molar-refractivity contribution in [3.63, 3.8) is 0 Å². The molecule has 0 bridgehead atoms. The maximum atomic E-state index is 4.48. The number of aryl methyl sites for hydroxylation is 1. The highest BCUT2D eigenvalue weighted by Crippen LogP contribution is 2.12. The Hall–Kier alpha value is -1.90. The standard InChI is InChI=1S/C14H17N3/c1-2-3-7-13-10-11-15-14(17-13)16-12-8-5-4-6-9-12/h4-6,8-11H,2-3,7H2,1H3,(H,15,16,17). The summed E-state index contributed by atoms with van der Waals surface area (Å²) in [5.74, 6) is 0.671. The van der Waals surface area contributed by atoms with Gasteiger partial charge in [-0.1, -0.05) is 31.5 Å². The summed E-state index contributed by atoms with van der Waals surface area (Å²) in [6.07, 6.45) is 5.18. The lowest BCUT2D eigenvalue weighted by Crippen LogP contribution is -1.99. The van der Waals surface area contributed by atoms with Crippen LogP contribution in [-0.4, -0.2) is 9.97 Å². The van der Waals surface area contributed by atoms with Crippen molar-refractivity contribution >= 4 is 11.6 Å². The van der Waals surface area contributed by atoms with Gasteiger partial charge in [0.1, 0.15) is 0 Å². The Balaban J connectivity index is 2.06. The van der Waals surface area contributed by atoms with Crippen LogP contribution in [0.3, 0.4) is 0 Å². The van der Waals surface area contributed by atoms with Crippen LogP contribution in [-0.2, 0) is 6.42 Å². The quantitative estimate of drug-likeness (QED) is 0.848. The van der Waals surface area contributed by atoms with Crippen LogP contribution < -0.4 is 5.32 Å². The van der Waals surface area contributed by atoms with Crippen LogP contribution in [0.1, 0.15) is 25.5 Å². The summed E-state index contributed by atoms with van der Waals surface area (Å²) in [5, 5.41) is 3.20. The molecule has 0 atom stereocenters. The Morgan fingerprint density at radius 1 is 1.12 bits per heavy atom. The lowest BCUT2D eigenvalue weighted by atomic mass is 10.2. The molecular formula is C14H17N3. The molecule has 17 heavy (non-hydrogen) atoms. The second kappa shape index (κ2) is 5.99. The number of unbranched alkanes of at least 4 members (excludes halogenated alkanes) is 1. The first-order chi connectivity index (χ1) is 8.38. The SMILES string of the molecule is CCCCc1ccnc(Nc2ccccc2)n1. The summed E-state index contributed by atoms with van der Waals surface area (Å²) < 4.78 is 0. The van der Waals surface area contributed by atoms with Crippen molar-refractivity contribution in [2.24, 2.45) is 0 Å². The molecule has 1 aromatic carbocycles. The average molecular weight is 227 g/mol. The zero-order valence-electron chi connectivity index (χ0n) is 10.1. The van der Waals surface area contributed by atoms with Crippen molar-refractivity contribution in [2.45, 2.75) is 26.2 Å². The number of rotatable bonds is 5. The van der Waals surface area contributed by atoms with Gasteiger partial charge in [-0.2, -0.15) is 0 Å². The van der Waals surface area contributed by atoms with E-state index in [-0.39, 0.29) is 0 Å². The molecule has 3 heteroatoms. The topological polar surface area (TPSA) is 37.8 Å². The zero-order valence-corrected chi connectivity index (χ0v) is 10.1. The minimum Gasteiger partial charge on any atom is -0.324 e. The third-order valence-electron chi connectivity index (χ3n) is 2.53. The van der Waals surface area contributed by atoms with E-state index in [1.54, 1.807) is 0 Å². The van der Waals surface area contributed by atoms with E-state index in [1.165, 1.54) is 12.8 Å². The van der Waals surface area contributed by atoms with Crippen molar-refractivity contribution in [3.05, 3.63) is 48.3 Å². The fraction of sp³-hybridized carbons (Fsp3) is 0.286. The van der Waals surface area contributed by atoms with Gasteiger partial charge in [-0.3, -0.25) is 0 Å². The number of para-hydroxylation sites is 1. The molecule has 0 aliphatic carbocycles. The fourth-order valence-electron chi connectivity index (χ4n) is 1.60. The summed E-state index contributed by atoms with van der Waals surface area (Å²) in [7, 11) is 0. The summed E-state index contributed by atoms with van der Waals surface area (Å²) in [4.78, 5) is 8.70. The predicted octanol–water partition coefficient (Wildman–Crippen LogP) is 3.56. The minimum atomic E-state index is 0.671. The Morgan fingerprint density at radius 3 is 2.71 bits per heavy atom. The average Bonchev–Trinajstić information content (AvgIpc) is 2.38. The van der Waals surface area contributed by atoms with Gasteiger partial charge in [-0.05, 0) is 31.0 Å². The van der Waals surface area contributed by atoms with Crippen LogP contribution in [0.5, 0.6) is 0 Å². The van der Waals surface area contributed by atoms with Crippen molar-refractivity contribution in [1.29, 1.82) is 0 Å². The van der Waals surface area contributed by atoms with E-state index in [0.29, 0.717) is 5.95 Å². The molecule has 0 aliphatic heterocycles. The molecule has 2 rings (SSSR count). The number of aromatic nitrogens is 2. The van der Waals surface area contributed by atoms with Gasteiger partial charge in [0.25, 0.3) is 0 Å². The van der Waals surface area contributed by atoms with E-state index in [0.717, 1.165) is 17.8 Å². The number of hydrogen-bond acceptors (Lipinski definition) is 3. The second-order valence-electron chi connectivity index (χ2n) is 3.97. The van der Waals surface area contributed by atoms with E-state index >= 15 is 0 Å². The molecular weight excluding hydrogens is 210 g/mol. The molecule has 0 saturated heterocycles. The van der Waals surface area contributed by atoms with Gasteiger partial charge in [0.05, 0.1) is 0 Å². The highest BCUT2D eigenvalue weighted by molar-refractivity contribution is 5.52. The molecule has 0 fully saturated rings. The van der Waals surface area contributed by atoms with E-state index in [9.17, 15) is 0 Å². The molecule has 0 aliphatic rings. The van der Waals surface area contributed by atoms with Gasteiger partial charge in [0, 0.05) is 17.6 Å². The molecule has 1 aromatic heterocycles. The third-order valence-corrected chi connectivity index (χ3v) is 2.53. The maximum absolute atomic E-state index is 4.48. The van der Waals surface area contributed by atoms with Gasteiger partial charge in [-0.15, -0.1) is 0 Å². The molecule has 88 valence electrons. The Morgan fingerprint density at radius 2 is 1.94 bits per heavy atom. The maximum Gasteiger partial charge on any atom is 0.227 e. The van der Waals surface area contributed by atoms with Crippen LogP contribution in [0, 0.1) is 0 Å². The van der Waals surface area contributed by atoms with E-state index in [4.69, 9.17) is 0 Å². The van der Waals surface area contributed by atoms with Gasteiger partial charge in [-0.25, -0.2) is 9.97 Å². The first-order valence-corrected chi connectivity index (χ1v) is 6.02. The first-order valence-electron chi connectivity index (χ1n) is 6.02. The highest BCUT2D eigenvalue weighted by atomic mass is 15.1. The van der Waals surface area contributed by atoms with Crippen LogP contribution >= 0.6 is 0 Å². The lowest BCUT2D eigenvalue weighted by Gasteiger charge is -2.05. The molecule has 1 heterocycles. The number of benzene rings is 1. The molecule has 0 unspecified atom stereocenters. The lowest BCUT2D eigenvalue weighted by molar-refractivity contribution is 0.774. The Labute approximate surface area is 102 Å². The van der Waals surface area contributed by atoms with Crippen molar-refractivity contribution in [2.75, 3.05) is 5.32 Å². The minimum absolute atomic E-state index is 0.671. The van der Waals surface area contributed by atoms with E-state index < -0.39 is 0 Å². The summed E-state index contributed by atoms with van der Waals surface area (Å²) >= 11 is 0.